The van der Waals surface area contributed by atoms with Gasteiger partial charge in [0.05, 0.1) is 0 Å². The number of nitrogens with zero attached hydrogens (tertiary/aromatic N) is 3. The third kappa shape index (κ3) is 17.6. The van der Waals surface area contributed by atoms with Gasteiger partial charge in [-0.25, -0.2) is 9.59 Å². The predicted octanol–water partition coefficient (Wildman–Crippen LogP) is 2.40. The van der Waals surface area contributed by atoms with Crippen LogP contribution in [0.15, 0.2) is 0 Å². The minimum atomic E-state index is -5.08. The number of carbonyl (C=O) groups is 3. The van der Waals surface area contributed by atoms with Crippen LogP contribution < -0.4 is 0 Å². The first-order chi connectivity index (χ1) is 14.4. The lowest BCUT2D eigenvalue weighted by Crippen LogP contribution is -2.39. The van der Waals surface area contributed by atoms with Gasteiger partial charge in [-0.2, -0.15) is 26.3 Å². The highest BCUT2D eigenvalue weighted by Crippen LogP contribution is 2.15. The van der Waals surface area contributed by atoms with Crippen molar-refractivity contribution in [1.29, 1.82) is 0 Å². The number of rotatable bonds is 6. The number of likely N-dealkylation sites (tertiary alicyclic amines) is 1. The van der Waals surface area contributed by atoms with Crippen LogP contribution in [0.4, 0.5) is 26.3 Å². The van der Waals surface area contributed by atoms with Crippen LogP contribution in [0.5, 0.6) is 0 Å². The molecule has 0 aromatic rings. The molecule has 0 radical (unpaired) electrons. The molecule has 1 saturated heterocycles. The van der Waals surface area contributed by atoms with Crippen molar-refractivity contribution < 1.29 is 50.9 Å². The number of piperidine rings is 1. The van der Waals surface area contributed by atoms with Crippen LogP contribution in [0.2, 0.25) is 0 Å². The van der Waals surface area contributed by atoms with Gasteiger partial charge in [-0.3, -0.25) is 4.79 Å². The molecule has 0 aromatic carbocycles. The van der Waals surface area contributed by atoms with E-state index in [2.05, 4.69) is 16.7 Å². The lowest BCUT2D eigenvalue weighted by molar-refractivity contribution is -0.193. The molecule has 0 saturated carbocycles. The Kier molecular flexibility index (Phi) is 14.9. The van der Waals surface area contributed by atoms with Crippen LogP contribution in [-0.4, -0.2) is 109 Å². The van der Waals surface area contributed by atoms with Crippen LogP contribution in [0, 0.1) is 5.92 Å². The Hall–Kier alpha value is -2.09. The number of carboxylic acid groups (broad SMARTS) is 2. The first-order valence-corrected chi connectivity index (χ1v) is 9.59. The molecule has 1 heterocycles. The van der Waals surface area contributed by atoms with Gasteiger partial charge in [-0.05, 0) is 39.4 Å². The second kappa shape index (κ2) is 14.9. The van der Waals surface area contributed by atoms with E-state index in [1.165, 1.54) is 19.4 Å². The Balaban J connectivity index is 0. The molecule has 0 spiro atoms. The van der Waals surface area contributed by atoms with Crippen molar-refractivity contribution in [1.82, 2.24) is 14.7 Å². The highest BCUT2D eigenvalue weighted by molar-refractivity contribution is 5.76. The van der Waals surface area contributed by atoms with E-state index in [0.717, 1.165) is 32.1 Å². The maximum Gasteiger partial charge on any atom is 0.490 e. The SMILES string of the molecule is CC1CCCN(CCC(=O)N(C)CCN(C)C)C1.O=C(O)C(F)(F)F.O=C(O)C(F)(F)F. The predicted molar refractivity (Wildman–Crippen MR) is 103 cm³/mol. The largest absolute Gasteiger partial charge is 0.490 e. The molecule has 1 amide bonds. The first-order valence-electron chi connectivity index (χ1n) is 9.59. The molecule has 0 aromatic heterocycles. The van der Waals surface area contributed by atoms with Crippen LogP contribution in [0.25, 0.3) is 0 Å². The Morgan fingerprint density at radius 3 is 1.72 bits per heavy atom. The third-order valence-corrected chi connectivity index (χ3v) is 4.18. The highest BCUT2D eigenvalue weighted by atomic mass is 19.4. The van der Waals surface area contributed by atoms with Crippen LogP contribution in [0.1, 0.15) is 26.2 Å². The maximum absolute atomic E-state index is 12.0. The van der Waals surface area contributed by atoms with E-state index in [0.29, 0.717) is 6.42 Å². The fraction of sp³-hybridized carbons (Fsp3) is 0.833. The summed E-state index contributed by atoms with van der Waals surface area (Å²) < 4.78 is 63.5. The Morgan fingerprint density at radius 1 is 0.938 bits per heavy atom. The van der Waals surface area contributed by atoms with E-state index in [-0.39, 0.29) is 5.91 Å². The summed E-state index contributed by atoms with van der Waals surface area (Å²) in [5, 5.41) is 14.2. The van der Waals surface area contributed by atoms with Crippen molar-refractivity contribution in [2.45, 2.75) is 38.5 Å². The van der Waals surface area contributed by atoms with Gasteiger partial charge in [0.2, 0.25) is 5.91 Å². The summed E-state index contributed by atoms with van der Waals surface area (Å²) in [6, 6.07) is 0. The molecule has 1 aliphatic rings. The zero-order valence-electron chi connectivity index (χ0n) is 18.5. The van der Waals surface area contributed by atoms with E-state index in [9.17, 15) is 31.1 Å². The number of hydrogen-bond acceptors (Lipinski definition) is 5. The van der Waals surface area contributed by atoms with Crippen LogP contribution >= 0.6 is 0 Å². The summed E-state index contributed by atoms with van der Waals surface area (Å²) in [6.07, 6.45) is -6.88. The summed E-state index contributed by atoms with van der Waals surface area (Å²) >= 11 is 0. The van der Waals surface area contributed by atoms with E-state index in [1.54, 1.807) is 0 Å². The molecule has 1 aliphatic heterocycles. The number of likely N-dealkylation sites (N-methyl/N-ethyl adjacent to an activating group) is 2. The van der Waals surface area contributed by atoms with Gasteiger partial charge in [0.25, 0.3) is 0 Å². The fourth-order valence-electron chi connectivity index (χ4n) is 2.41. The average Bonchev–Trinajstić information content (AvgIpc) is 2.63. The van der Waals surface area contributed by atoms with E-state index in [4.69, 9.17) is 19.8 Å². The van der Waals surface area contributed by atoms with Gasteiger partial charge in [0.1, 0.15) is 0 Å². The number of aliphatic carboxylic acids is 2. The maximum atomic E-state index is 12.0. The third-order valence-electron chi connectivity index (χ3n) is 4.18. The molecule has 8 nitrogen and oxygen atoms in total. The van der Waals surface area contributed by atoms with Crippen molar-refractivity contribution >= 4 is 17.8 Å². The lowest BCUT2D eigenvalue weighted by Gasteiger charge is -2.31. The average molecular weight is 483 g/mol. The molecule has 0 bridgehead atoms. The standard InChI is InChI=1S/C14H29N3O.2C2HF3O2/c1-13-6-5-8-17(12-13)9-7-14(18)16(4)11-10-15(2)3;2*3-2(4,5)1(6)7/h13H,5-12H2,1-4H3;2*(H,6,7). The van der Waals surface area contributed by atoms with Gasteiger partial charge in [0, 0.05) is 39.6 Å². The minimum Gasteiger partial charge on any atom is -0.475 e. The number of alkyl halides is 6. The number of hydrogen-bond donors (Lipinski definition) is 2. The molecule has 0 aliphatic carbocycles. The van der Waals surface area contributed by atoms with E-state index < -0.39 is 24.3 Å². The quantitative estimate of drug-likeness (QED) is 0.560. The van der Waals surface area contributed by atoms with Crippen molar-refractivity contribution in [3.63, 3.8) is 0 Å². The van der Waals surface area contributed by atoms with Gasteiger partial charge >= 0.3 is 24.3 Å². The Labute approximate surface area is 182 Å². The molecule has 190 valence electrons. The molecular formula is C18H31F6N3O5. The zero-order chi connectivity index (χ0) is 25.7. The van der Waals surface area contributed by atoms with Crippen molar-refractivity contribution in [2.75, 3.05) is 53.9 Å². The number of carboxylic acids is 2. The van der Waals surface area contributed by atoms with Gasteiger partial charge in [0.15, 0.2) is 0 Å². The highest BCUT2D eigenvalue weighted by Gasteiger charge is 2.38. The molecule has 1 atom stereocenters. The van der Waals surface area contributed by atoms with Gasteiger partial charge < -0.3 is 24.9 Å². The minimum absolute atomic E-state index is 0.273. The topological polar surface area (TPSA) is 101 Å². The number of halogens is 6. The summed E-state index contributed by atoms with van der Waals surface area (Å²) in [6.45, 7) is 7.31. The summed E-state index contributed by atoms with van der Waals surface area (Å²) in [4.78, 5) is 36.2. The summed E-state index contributed by atoms with van der Waals surface area (Å²) in [7, 11) is 5.98. The molecule has 32 heavy (non-hydrogen) atoms. The van der Waals surface area contributed by atoms with Crippen molar-refractivity contribution in [3.05, 3.63) is 0 Å². The number of amides is 1. The molecule has 1 fully saturated rings. The van der Waals surface area contributed by atoms with E-state index in [1.807, 2.05) is 26.0 Å². The lowest BCUT2D eigenvalue weighted by atomic mass is 10.0. The second-order valence-corrected chi connectivity index (χ2v) is 7.52. The van der Waals surface area contributed by atoms with Gasteiger partial charge in [-0.1, -0.05) is 6.92 Å². The summed E-state index contributed by atoms with van der Waals surface area (Å²) in [5.41, 5.74) is 0. The van der Waals surface area contributed by atoms with Gasteiger partial charge in [-0.15, -0.1) is 0 Å². The summed E-state index contributed by atoms with van der Waals surface area (Å²) in [5.74, 6) is -4.45. The fourth-order valence-corrected chi connectivity index (χ4v) is 2.41. The molecule has 14 heteroatoms. The van der Waals surface area contributed by atoms with E-state index >= 15 is 0 Å². The molecule has 1 rings (SSSR count). The van der Waals surface area contributed by atoms with Crippen LogP contribution in [-0.2, 0) is 14.4 Å². The number of carbonyl (C=O) groups excluding carboxylic acids is 1. The first kappa shape index (κ1) is 32.1. The molecule has 2 N–H and O–H groups in total. The van der Waals surface area contributed by atoms with Crippen molar-refractivity contribution in [3.8, 4) is 0 Å². The smallest absolute Gasteiger partial charge is 0.475 e. The molecular weight excluding hydrogens is 452 g/mol. The van der Waals surface area contributed by atoms with Crippen LogP contribution in [0.3, 0.4) is 0 Å². The molecule has 1 unspecified atom stereocenters. The monoisotopic (exact) mass is 483 g/mol. The second-order valence-electron chi connectivity index (χ2n) is 7.52. The Bertz CT molecular complexity index is 560. The Morgan fingerprint density at radius 2 is 1.38 bits per heavy atom. The normalized spacial score (nSPS) is 16.9. The zero-order valence-corrected chi connectivity index (χ0v) is 18.5. The van der Waals surface area contributed by atoms with Crippen molar-refractivity contribution in [2.24, 2.45) is 5.92 Å².